The summed E-state index contributed by atoms with van der Waals surface area (Å²) >= 11 is 0. The Hall–Kier alpha value is -1.43. The number of aromatic nitrogens is 3. The molecule has 3 N–H and O–H groups in total. The summed E-state index contributed by atoms with van der Waals surface area (Å²) in [5, 5.41) is 19.1. The zero-order valence-electron chi connectivity index (χ0n) is 10.4. The molecule has 1 fully saturated rings. The molecule has 0 aromatic carbocycles. The average molecular weight is 252 g/mol. The lowest BCUT2D eigenvalue weighted by Gasteiger charge is -2.27. The van der Waals surface area contributed by atoms with Gasteiger partial charge in [0.15, 0.2) is 0 Å². The lowest BCUT2D eigenvalue weighted by molar-refractivity contribution is -0.143. The number of nitrogens with zero attached hydrogens (tertiary/aromatic N) is 2. The number of carbonyl (C=O) groups is 1. The maximum absolute atomic E-state index is 10.9. The molecule has 2 unspecified atom stereocenters. The topological polar surface area (TPSA) is 90.9 Å². The zero-order chi connectivity index (χ0) is 12.8. The minimum atomic E-state index is -0.650. The molecule has 18 heavy (non-hydrogen) atoms. The van der Waals surface area contributed by atoms with Gasteiger partial charge in [-0.05, 0) is 32.2 Å². The van der Waals surface area contributed by atoms with Crippen molar-refractivity contribution in [3.05, 3.63) is 12.2 Å². The summed E-state index contributed by atoms with van der Waals surface area (Å²) in [6, 6.07) is 0.356. The van der Waals surface area contributed by atoms with Crippen LogP contribution >= 0.6 is 0 Å². The number of aliphatic carboxylic acids is 1. The van der Waals surface area contributed by atoms with Gasteiger partial charge in [0.25, 0.3) is 0 Å². The molecule has 0 radical (unpaired) electrons. The number of nitrogens with one attached hydrogen (secondary N) is 2. The highest BCUT2D eigenvalue weighted by atomic mass is 16.4. The molecule has 100 valence electrons. The molecule has 0 amide bonds. The first-order chi connectivity index (χ1) is 8.75. The third-order valence-corrected chi connectivity index (χ3v) is 3.51. The summed E-state index contributed by atoms with van der Waals surface area (Å²) < 4.78 is 0. The Morgan fingerprint density at radius 1 is 1.56 bits per heavy atom. The lowest BCUT2D eigenvalue weighted by Crippen LogP contribution is -2.37. The van der Waals surface area contributed by atoms with Gasteiger partial charge in [-0.25, -0.2) is 4.98 Å². The maximum Gasteiger partial charge on any atom is 0.306 e. The van der Waals surface area contributed by atoms with Crippen LogP contribution in [0, 0.1) is 5.92 Å². The first kappa shape index (κ1) is 13.0. The molecule has 1 aromatic rings. The van der Waals surface area contributed by atoms with Crippen molar-refractivity contribution in [3.63, 3.8) is 0 Å². The Morgan fingerprint density at radius 2 is 2.44 bits per heavy atom. The Balaban J connectivity index is 1.62. The van der Waals surface area contributed by atoms with Gasteiger partial charge in [-0.15, -0.1) is 0 Å². The van der Waals surface area contributed by atoms with Crippen LogP contribution in [-0.4, -0.2) is 38.8 Å². The Kier molecular flexibility index (Phi) is 4.69. The molecular formula is C12H20N4O2. The van der Waals surface area contributed by atoms with Crippen molar-refractivity contribution in [1.29, 1.82) is 0 Å². The van der Waals surface area contributed by atoms with Crippen LogP contribution in [0.1, 0.15) is 37.9 Å². The van der Waals surface area contributed by atoms with Crippen molar-refractivity contribution < 1.29 is 9.90 Å². The van der Waals surface area contributed by atoms with Crippen LogP contribution in [0.15, 0.2) is 6.33 Å². The maximum atomic E-state index is 10.9. The molecular weight excluding hydrogens is 232 g/mol. The van der Waals surface area contributed by atoms with Gasteiger partial charge in [0, 0.05) is 12.5 Å². The van der Waals surface area contributed by atoms with Crippen LogP contribution in [0.4, 0.5) is 0 Å². The first-order valence-electron chi connectivity index (χ1n) is 6.56. The summed E-state index contributed by atoms with van der Waals surface area (Å²) in [6.45, 7) is 0.901. The van der Waals surface area contributed by atoms with Crippen molar-refractivity contribution in [2.45, 2.75) is 44.6 Å². The minimum absolute atomic E-state index is 0.162. The fourth-order valence-electron chi connectivity index (χ4n) is 2.51. The highest BCUT2D eigenvalue weighted by Crippen LogP contribution is 2.24. The standard InChI is InChI=1S/C12H20N4O2/c17-12(18)9-3-1-4-10(7-9)13-6-2-5-11-14-8-15-16-11/h8-10,13H,1-7H2,(H,17,18)(H,14,15,16). The first-order valence-corrected chi connectivity index (χ1v) is 6.56. The van der Waals surface area contributed by atoms with E-state index in [1.807, 2.05) is 0 Å². The number of hydrogen-bond donors (Lipinski definition) is 3. The van der Waals surface area contributed by atoms with Crippen molar-refractivity contribution in [2.24, 2.45) is 5.92 Å². The van der Waals surface area contributed by atoms with Crippen molar-refractivity contribution in [1.82, 2.24) is 20.5 Å². The Morgan fingerprint density at radius 3 is 3.17 bits per heavy atom. The smallest absolute Gasteiger partial charge is 0.306 e. The van der Waals surface area contributed by atoms with Gasteiger partial charge in [0.1, 0.15) is 12.2 Å². The van der Waals surface area contributed by atoms with Crippen LogP contribution in [0.5, 0.6) is 0 Å². The van der Waals surface area contributed by atoms with E-state index >= 15 is 0 Å². The predicted octanol–water partition coefficient (Wildman–Crippen LogP) is 0.970. The van der Waals surface area contributed by atoms with Gasteiger partial charge in [-0.1, -0.05) is 6.42 Å². The Labute approximate surface area is 106 Å². The molecule has 1 heterocycles. The molecule has 0 saturated heterocycles. The minimum Gasteiger partial charge on any atom is -0.481 e. The van der Waals surface area contributed by atoms with E-state index in [9.17, 15) is 4.79 Å². The third-order valence-electron chi connectivity index (χ3n) is 3.51. The SMILES string of the molecule is O=C(O)C1CCCC(NCCCc2ncn[nH]2)C1. The van der Waals surface area contributed by atoms with Crippen LogP contribution in [0.2, 0.25) is 0 Å². The number of rotatable bonds is 6. The zero-order valence-corrected chi connectivity index (χ0v) is 10.4. The van der Waals surface area contributed by atoms with Gasteiger partial charge < -0.3 is 10.4 Å². The molecule has 6 heteroatoms. The van der Waals surface area contributed by atoms with E-state index in [-0.39, 0.29) is 5.92 Å². The van der Waals surface area contributed by atoms with E-state index < -0.39 is 5.97 Å². The summed E-state index contributed by atoms with van der Waals surface area (Å²) in [5.41, 5.74) is 0. The summed E-state index contributed by atoms with van der Waals surface area (Å²) in [6.07, 6.45) is 7.07. The summed E-state index contributed by atoms with van der Waals surface area (Å²) in [5.74, 6) is 0.0949. The fourth-order valence-corrected chi connectivity index (χ4v) is 2.51. The van der Waals surface area contributed by atoms with Gasteiger partial charge in [-0.2, -0.15) is 5.10 Å². The molecule has 0 bridgehead atoms. The fraction of sp³-hybridized carbons (Fsp3) is 0.750. The molecule has 1 aliphatic rings. The number of carboxylic acid groups (broad SMARTS) is 1. The van der Waals surface area contributed by atoms with Crippen LogP contribution in [0.3, 0.4) is 0 Å². The number of hydrogen-bond acceptors (Lipinski definition) is 4. The normalized spacial score (nSPS) is 24.0. The van der Waals surface area contributed by atoms with E-state index in [1.54, 1.807) is 0 Å². The van der Waals surface area contributed by atoms with Crippen LogP contribution in [0.25, 0.3) is 0 Å². The van der Waals surface area contributed by atoms with Crippen molar-refractivity contribution in [3.8, 4) is 0 Å². The van der Waals surface area contributed by atoms with E-state index in [2.05, 4.69) is 20.5 Å². The molecule has 1 aliphatic carbocycles. The monoisotopic (exact) mass is 252 g/mol. The predicted molar refractivity (Wildman–Crippen MR) is 66.1 cm³/mol. The molecule has 2 atom stereocenters. The third kappa shape index (κ3) is 3.80. The molecule has 1 saturated carbocycles. The summed E-state index contributed by atoms with van der Waals surface area (Å²) in [4.78, 5) is 15.0. The van der Waals surface area contributed by atoms with Gasteiger partial charge in [0.05, 0.1) is 5.92 Å². The molecule has 0 aliphatic heterocycles. The number of carboxylic acids is 1. The van der Waals surface area contributed by atoms with Gasteiger partial charge in [0.2, 0.25) is 0 Å². The average Bonchev–Trinajstić information content (AvgIpc) is 2.88. The van der Waals surface area contributed by atoms with E-state index in [4.69, 9.17) is 5.11 Å². The lowest BCUT2D eigenvalue weighted by atomic mass is 9.86. The number of aryl methyl sites for hydroxylation is 1. The second-order valence-electron chi connectivity index (χ2n) is 4.89. The van der Waals surface area contributed by atoms with Crippen molar-refractivity contribution in [2.75, 3.05) is 6.54 Å². The number of aromatic amines is 1. The van der Waals surface area contributed by atoms with Crippen LogP contribution in [-0.2, 0) is 11.2 Å². The van der Waals surface area contributed by atoms with Crippen molar-refractivity contribution >= 4 is 5.97 Å². The largest absolute Gasteiger partial charge is 0.481 e. The van der Waals surface area contributed by atoms with E-state index in [0.29, 0.717) is 6.04 Å². The van der Waals surface area contributed by atoms with Gasteiger partial charge in [-0.3, -0.25) is 9.89 Å². The molecule has 6 nitrogen and oxygen atoms in total. The highest BCUT2D eigenvalue weighted by molar-refractivity contribution is 5.70. The number of H-pyrrole nitrogens is 1. The molecule has 0 spiro atoms. The quantitative estimate of drug-likeness (QED) is 0.656. The summed E-state index contributed by atoms with van der Waals surface area (Å²) in [7, 11) is 0. The van der Waals surface area contributed by atoms with Gasteiger partial charge >= 0.3 is 5.97 Å². The van der Waals surface area contributed by atoms with E-state index in [1.165, 1.54) is 6.33 Å². The second-order valence-corrected chi connectivity index (χ2v) is 4.89. The second kappa shape index (κ2) is 6.49. The molecule has 1 aromatic heterocycles. The Bertz CT molecular complexity index is 366. The van der Waals surface area contributed by atoms with E-state index in [0.717, 1.165) is 50.9 Å². The highest BCUT2D eigenvalue weighted by Gasteiger charge is 2.26. The molecule has 2 rings (SSSR count). The van der Waals surface area contributed by atoms with Crippen LogP contribution < -0.4 is 5.32 Å².